The molecular weight excluding hydrogens is 1020 g/mol. The molecule has 2 amide bonds. The smallest absolute Gasteiger partial charge is 0.469 e. The van der Waals surface area contributed by atoms with Crippen molar-refractivity contribution in [2.24, 2.45) is 0 Å². The Balaban J connectivity index is 0.000000172. The van der Waals surface area contributed by atoms with Crippen molar-refractivity contribution < 1.29 is 45.8 Å². The van der Waals surface area contributed by atoms with E-state index < -0.39 is 19.8 Å². The van der Waals surface area contributed by atoms with Crippen LogP contribution < -0.4 is 10.6 Å². The molecule has 2 fully saturated rings. The van der Waals surface area contributed by atoms with E-state index in [1.54, 1.807) is 74.5 Å². The summed E-state index contributed by atoms with van der Waals surface area (Å²) in [5.41, 5.74) is 1.76. The maximum Gasteiger partial charge on any atom is 0.488 e. The second-order valence-corrected chi connectivity index (χ2v) is 19.7. The molecule has 0 radical (unpaired) electrons. The van der Waals surface area contributed by atoms with Gasteiger partial charge in [-0.2, -0.15) is 0 Å². The van der Waals surface area contributed by atoms with Crippen LogP contribution in [0, 0.1) is 25.5 Å². The molecule has 4 aromatic carbocycles. The van der Waals surface area contributed by atoms with Gasteiger partial charge in [-0.3, -0.25) is 9.59 Å². The van der Waals surface area contributed by atoms with Crippen LogP contribution in [-0.2, 0) is 18.6 Å². The van der Waals surface area contributed by atoms with Gasteiger partial charge in [-0.1, -0.05) is 53.5 Å². The van der Waals surface area contributed by atoms with E-state index in [0.29, 0.717) is 54.0 Å². The predicted molar refractivity (Wildman–Crippen MR) is 265 cm³/mol. The molecule has 10 nitrogen and oxygen atoms in total. The van der Waals surface area contributed by atoms with Crippen molar-refractivity contribution in [3.63, 3.8) is 0 Å². The number of rotatable bonds is 6. The molecule has 2 saturated heterocycles. The molecule has 2 aromatic heterocycles. The summed E-state index contributed by atoms with van der Waals surface area (Å²) < 4.78 is 62.0. The third-order valence-electron chi connectivity index (χ3n) is 11.4. The minimum atomic E-state index is -0.476. The van der Waals surface area contributed by atoms with Crippen LogP contribution in [0.1, 0.15) is 87.6 Å². The molecule has 0 saturated carbocycles. The highest BCUT2D eigenvalue weighted by Crippen LogP contribution is 2.43. The fourth-order valence-electron chi connectivity index (χ4n) is 6.19. The van der Waals surface area contributed by atoms with Crippen molar-refractivity contribution in [3.8, 4) is 11.1 Å². The van der Waals surface area contributed by atoms with Crippen LogP contribution in [0.15, 0.2) is 127 Å². The number of aryl methyl sites for hydroxylation is 2. The Hall–Kier alpha value is -4.25. The molecule has 0 unspecified atom stereocenters. The largest absolute Gasteiger partial charge is 0.488 e. The fraction of sp³-hybridized carbons (Fsp3) is 0.292. The third-order valence-corrected chi connectivity index (χ3v) is 13.2. The number of anilines is 2. The number of nitrogens with one attached hydrogen (secondary N) is 2. The lowest BCUT2D eigenvalue weighted by Gasteiger charge is -2.32. The average Bonchev–Trinajstić information content (AvgIpc) is 3.98. The van der Waals surface area contributed by atoms with E-state index in [1.807, 2.05) is 79.7 Å². The first-order chi connectivity index (χ1) is 30.8. The molecule has 0 spiro atoms. The van der Waals surface area contributed by atoms with Gasteiger partial charge in [0.25, 0.3) is 11.8 Å². The Morgan fingerprint density at radius 1 is 0.530 bits per heavy atom. The van der Waals surface area contributed by atoms with Gasteiger partial charge in [0.1, 0.15) is 23.2 Å². The molecule has 0 aliphatic carbocycles. The summed E-state index contributed by atoms with van der Waals surface area (Å²) in [5.74, 6) is -0.111. The van der Waals surface area contributed by atoms with E-state index in [1.165, 1.54) is 24.7 Å². The van der Waals surface area contributed by atoms with Crippen molar-refractivity contribution in [1.82, 2.24) is 0 Å². The third kappa shape index (κ3) is 13.0. The van der Waals surface area contributed by atoms with E-state index in [9.17, 15) is 18.4 Å². The first-order valence-electron chi connectivity index (χ1n) is 20.6. The summed E-state index contributed by atoms with van der Waals surface area (Å²) in [4.78, 5) is 24.2. The van der Waals surface area contributed by atoms with Gasteiger partial charge in [0.2, 0.25) is 0 Å². The lowest BCUT2D eigenvalue weighted by Crippen LogP contribution is -2.41. The number of benzene rings is 4. The summed E-state index contributed by atoms with van der Waals surface area (Å²) in [6.07, 6.45) is 2.96. The maximum absolute atomic E-state index is 14.2. The predicted octanol–water partition coefficient (Wildman–Crippen LogP) is 14.4. The quantitative estimate of drug-likeness (QED) is 0.125. The van der Waals surface area contributed by atoms with Gasteiger partial charge in [0.15, 0.2) is 0 Å². The molecule has 4 heterocycles. The molecule has 66 heavy (non-hydrogen) atoms. The minimum absolute atomic E-state index is 0.168. The Bertz CT molecular complexity index is 2590. The first kappa shape index (κ1) is 52.7. The molecule has 2 N–H and O–H groups in total. The number of carbonyl (C=O) groups excluding carboxylic acids is 2. The standard InChI is InChI=1S/C18H13ClFNO2.C12H24B2O4.C12H10BrNO2.C6H3BrClF/c1-11-13(8-9-23-11)18(22)21-17-5-3-2-4-15(17)14-7-6-12(19)10-16(14)20;1-9(2)10(3,4)16-13(15-9)14-17-11(5,6)12(7,8)18-14;1-8-9(6-7-16-8)12(15)14-11-5-3-2-4-10(11)13;7-5-2-1-4(8)3-6(5)9/h2-10H,1H3,(H,21,22);1-8H3;2-7H,1H3,(H,14,15);1-3H. The normalized spacial score (nSPS) is 16.2. The zero-order valence-corrected chi connectivity index (χ0v) is 42.8. The van der Waals surface area contributed by atoms with Gasteiger partial charge in [-0.15, -0.1) is 0 Å². The minimum Gasteiger partial charge on any atom is -0.469 e. The van der Waals surface area contributed by atoms with Gasteiger partial charge < -0.3 is 38.1 Å². The number of para-hydroxylation sites is 2. The van der Waals surface area contributed by atoms with Crippen LogP contribution in [0.2, 0.25) is 10.0 Å². The first-order valence-corrected chi connectivity index (χ1v) is 23.0. The molecule has 6 aromatic rings. The van der Waals surface area contributed by atoms with E-state index >= 15 is 0 Å². The highest BCUT2D eigenvalue weighted by molar-refractivity contribution is 9.10. The lowest BCUT2D eigenvalue weighted by molar-refractivity contribution is 0.00578. The number of amides is 2. The second kappa shape index (κ2) is 21.8. The number of hydrogen-bond donors (Lipinski definition) is 2. The van der Waals surface area contributed by atoms with Crippen molar-refractivity contribution in [1.29, 1.82) is 0 Å². The van der Waals surface area contributed by atoms with Crippen LogP contribution in [0.5, 0.6) is 0 Å². The van der Waals surface area contributed by atoms with Crippen LogP contribution in [-0.4, -0.2) is 48.2 Å². The maximum atomic E-state index is 14.2. The fourth-order valence-corrected chi connectivity index (χ4v) is 7.14. The molecule has 2 aliphatic heterocycles. The Kier molecular flexibility index (Phi) is 17.4. The van der Waals surface area contributed by atoms with E-state index in [0.717, 1.165) is 10.2 Å². The molecule has 18 heteroatoms. The topological polar surface area (TPSA) is 121 Å². The van der Waals surface area contributed by atoms with Crippen molar-refractivity contribution in [2.75, 3.05) is 10.6 Å². The molecular formula is C48H50B2Br2Cl2F2N2O8. The average molecular weight is 1070 g/mol. The molecule has 2 aliphatic rings. The molecule has 348 valence electrons. The van der Waals surface area contributed by atoms with Crippen LogP contribution in [0.25, 0.3) is 11.1 Å². The van der Waals surface area contributed by atoms with E-state index in [4.69, 9.17) is 50.7 Å². The van der Waals surface area contributed by atoms with Crippen LogP contribution >= 0.6 is 55.1 Å². The number of furan rings is 2. The van der Waals surface area contributed by atoms with Gasteiger partial charge in [0, 0.05) is 31.3 Å². The lowest BCUT2D eigenvalue weighted by atomic mass is 9.49. The van der Waals surface area contributed by atoms with Crippen LogP contribution in [0.3, 0.4) is 0 Å². The summed E-state index contributed by atoms with van der Waals surface area (Å²) in [6, 6.07) is 26.6. The molecule has 0 atom stereocenters. The van der Waals surface area contributed by atoms with Gasteiger partial charge >= 0.3 is 14.0 Å². The SMILES string of the molecule is CC1(C)OB(B2OC(C)(C)C(C)(C)O2)OC1(C)C.Cc1occc1C(=O)Nc1ccccc1-c1ccc(Cl)cc1F.Cc1occc1C(=O)Nc1ccccc1Br.Fc1cc(Cl)ccc1Br. The Labute approximate surface area is 411 Å². The number of halogens is 6. The van der Waals surface area contributed by atoms with Crippen molar-refractivity contribution in [2.45, 2.75) is 91.6 Å². The van der Waals surface area contributed by atoms with Gasteiger partial charge in [-0.25, -0.2) is 8.78 Å². The zero-order valence-electron chi connectivity index (χ0n) is 38.1. The van der Waals surface area contributed by atoms with Crippen molar-refractivity contribution in [3.05, 3.63) is 163 Å². The zero-order chi connectivity index (χ0) is 48.8. The number of hydrogen-bond acceptors (Lipinski definition) is 8. The number of carbonyl (C=O) groups is 2. The van der Waals surface area contributed by atoms with Crippen LogP contribution in [0.4, 0.5) is 20.2 Å². The summed E-state index contributed by atoms with van der Waals surface area (Å²) in [7, 11) is -0.952. The summed E-state index contributed by atoms with van der Waals surface area (Å²) in [6.45, 7) is 19.7. The van der Waals surface area contributed by atoms with E-state index in [2.05, 4.69) is 42.5 Å². The van der Waals surface area contributed by atoms with Gasteiger partial charge in [0.05, 0.1) is 56.2 Å². The van der Waals surface area contributed by atoms with E-state index in [-0.39, 0.29) is 40.0 Å². The highest BCUT2D eigenvalue weighted by Gasteiger charge is 2.63. The summed E-state index contributed by atoms with van der Waals surface area (Å²) in [5, 5.41) is 6.34. The monoisotopic (exact) mass is 1070 g/mol. The Morgan fingerprint density at radius 3 is 1.35 bits per heavy atom. The molecule has 8 rings (SSSR count). The van der Waals surface area contributed by atoms with Gasteiger partial charge in [-0.05, 0) is 168 Å². The molecule has 0 bridgehead atoms. The summed E-state index contributed by atoms with van der Waals surface area (Å²) >= 11 is 17.6. The van der Waals surface area contributed by atoms with Crippen molar-refractivity contribution >= 4 is 92.3 Å². The Morgan fingerprint density at radius 2 is 0.939 bits per heavy atom. The second-order valence-electron chi connectivity index (χ2n) is 17.1. The highest BCUT2D eigenvalue weighted by atomic mass is 79.9.